The Morgan fingerprint density at radius 3 is 2.95 bits per heavy atom. The number of rotatable bonds is 3. The van der Waals surface area contributed by atoms with Crippen molar-refractivity contribution in [2.75, 3.05) is 13.1 Å². The van der Waals surface area contributed by atoms with Gasteiger partial charge in [-0.3, -0.25) is 4.79 Å². The van der Waals surface area contributed by atoms with Gasteiger partial charge in [-0.2, -0.15) is 0 Å². The van der Waals surface area contributed by atoms with Crippen LogP contribution in [0.15, 0.2) is 11.4 Å². The summed E-state index contributed by atoms with van der Waals surface area (Å²) in [5.74, 6) is -0.0693. The van der Waals surface area contributed by atoms with Crippen LogP contribution < -0.4 is 5.14 Å². The summed E-state index contributed by atoms with van der Waals surface area (Å²) in [5, 5.41) is 6.45. The normalized spacial score (nSPS) is 20.5. The zero-order chi connectivity index (χ0) is 14.0. The van der Waals surface area contributed by atoms with E-state index in [0.29, 0.717) is 19.4 Å². The number of carbonyl (C=O) groups is 1. The molecular weight excluding hydrogens is 284 g/mol. The number of nitrogens with zero attached hydrogens (tertiary/aromatic N) is 1. The second-order valence-electron chi connectivity index (χ2n) is 4.73. The quantitative estimate of drug-likeness (QED) is 0.911. The number of likely N-dealkylation sites (tertiary alicyclic amines) is 1. The van der Waals surface area contributed by atoms with E-state index in [1.54, 1.807) is 4.90 Å². The summed E-state index contributed by atoms with van der Waals surface area (Å²) in [5.41, 5.74) is 1.02. The van der Waals surface area contributed by atoms with Crippen molar-refractivity contribution in [3.63, 3.8) is 0 Å². The molecule has 0 aliphatic carbocycles. The van der Waals surface area contributed by atoms with Crippen LogP contribution in [0.1, 0.15) is 35.0 Å². The lowest BCUT2D eigenvalue weighted by Crippen LogP contribution is -2.47. The van der Waals surface area contributed by atoms with Gasteiger partial charge in [0.1, 0.15) is 0 Å². The van der Waals surface area contributed by atoms with Gasteiger partial charge in [0.15, 0.2) is 0 Å². The zero-order valence-corrected chi connectivity index (χ0v) is 12.5. The second kappa shape index (κ2) is 5.60. The fourth-order valence-corrected chi connectivity index (χ4v) is 4.18. The highest BCUT2D eigenvalue weighted by Crippen LogP contribution is 2.23. The maximum atomic E-state index is 12.4. The van der Waals surface area contributed by atoms with Crippen LogP contribution in [0.25, 0.3) is 0 Å². The number of thiophene rings is 1. The molecule has 1 aliphatic rings. The first-order chi connectivity index (χ1) is 8.93. The summed E-state index contributed by atoms with van der Waals surface area (Å²) in [4.78, 5) is 14.7. The highest BCUT2D eigenvalue weighted by Gasteiger charge is 2.31. The third-order valence-electron chi connectivity index (χ3n) is 3.45. The van der Waals surface area contributed by atoms with Crippen LogP contribution in [0.2, 0.25) is 0 Å². The van der Waals surface area contributed by atoms with Crippen LogP contribution in [0, 0.1) is 0 Å². The summed E-state index contributed by atoms with van der Waals surface area (Å²) in [7, 11) is -3.57. The smallest absolute Gasteiger partial charge is 0.264 e. The van der Waals surface area contributed by atoms with Gasteiger partial charge in [-0.15, -0.1) is 11.3 Å². The SMILES string of the molecule is CCc1ccsc1C(=O)N1CCCC(S(N)(=O)=O)C1. The number of hydrogen-bond acceptors (Lipinski definition) is 4. The average Bonchev–Trinajstić information content (AvgIpc) is 2.85. The average molecular weight is 302 g/mol. The molecule has 2 heterocycles. The van der Waals surface area contributed by atoms with Gasteiger partial charge < -0.3 is 4.90 Å². The molecule has 1 amide bonds. The molecule has 1 unspecified atom stereocenters. The summed E-state index contributed by atoms with van der Waals surface area (Å²) in [6.07, 6.45) is 2.02. The van der Waals surface area contributed by atoms with E-state index < -0.39 is 15.3 Å². The molecular formula is C12H18N2O3S2. The molecule has 2 N–H and O–H groups in total. The lowest BCUT2D eigenvalue weighted by molar-refractivity contribution is 0.0731. The molecule has 0 bridgehead atoms. The van der Waals surface area contributed by atoms with E-state index in [2.05, 4.69) is 0 Å². The number of nitrogens with two attached hydrogens (primary N) is 1. The van der Waals surface area contributed by atoms with E-state index in [0.717, 1.165) is 16.9 Å². The van der Waals surface area contributed by atoms with E-state index >= 15 is 0 Å². The Hall–Kier alpha value is -0.920. The van der Waals surface area contributed by atoms with Crippen molar-refractivity contribution in [3.05, 3.63) is 21.9 Å². The lowest BCUT2D eigenvalue weighted by Gasteiger charge is -2.31. The van der Waals surface area contributed by atoms with E-state index in [1.807, 2.05) is 18.4 Å². The van der Waals surface area contributed by atoms with Gasteiger partial charge in [-0.05, 0) is 36.3 Å². The molecule has 0 aromatic carbocycles. The topological polar surface area (TPSA) is 80.5 Å². The Morgan fingerprint density at radius 2 is 2.32 bits per heavy atom. The van der Waals surface area contributed by atoms with Crippen LogP contribution in [0.3, 0.4) is 0 Å². The van der Waals surface area contributed by atoms with Crippen molar-refractivity contribution in [2.24, 2.45) is 5.14 Å². The van der Waals surface area contributed by atoms with Crippen LogP contribution in [0.5, 0.6) is 0 Å². The highest BCUT2D eigenvalue weighted by molar-refractivity contribution is 7.89. The van der Waals surface area contributed by atoms with Gasteiger partial charge in [-0.1, -0.05) is 6.92 Å². The molecule has 106 valence electrons. The standard InChI is InChI=1S/C12H18N2O3S2/c1-2-9-5-7-18-11(9)12(15)14-6-3-4-10(8-14)19(13,16)17/h5,7,10H,2-4,6,8H2,1H3,(H2,13,16,17). The van der Waals surface area contributed by atoms with Crippen LogP contribution in [-0.2, 0) is 16.4 Å². The molecule has 1 aliphatic heterocycles. The van der Waals surface area contributed by atoms with Crippen molar-refractivity contribution in [1.29, 1.82) is 0 Å². The predicted molar refractivity (Wildman–Crippen MR) is 75.7 cm³/mol. The maximum Gasteiger partial charge on any atom is 0.264 e. The van der Waals surface area contributed by atoms with Gasteiger partial charge in [0, 0.05) is 13.1 Å². The molecule has 1 aromatic rings. The molecule has 7 heteroatoms. The second-order valence-corrected chi connectivity index (χ2v) is 7.49. The van der Waals surface area contributed by atoms with Gasteiger partial charge in [0.05, 0.1) is 10.1 Å². The van der Waals surface area contributed by atoms with Crippen molar-refractivity contribution < 1.29 is 13.2 Å². The minimum Gasteiger partial charge on any atom is -0.337 e. The van der Waals surface area contributed by atoms with Crippen LogP contribution in [-0.4, -0.2) is 37.6 Å². The first kappa shape index (κ1) is 14.5. The number of carbonyl (C=O) groups excluding carboxylic acids is 1. The maximum absolute atomic E-state index is 12.4. The Morgan fingerprint density at radius 1 is 1.58 bits per heavy atom. The Kier molecular flexibility index (Phi) is 4.27. The van der Waals surface area contributed by atoms with Crippen molar-refractivity contribution in [2.45, 2.75) is 31.4 Å². The molecule has 1 saturated heterocycles. The first-order valence-corrected chi connectivity index (χ1v) is 8.79. The lowest BCUT2D eigenvalue weighted by atomic mass is 10.1. The third kappa shape index (κ3) is 3.16. The number of aryl methyl sites for hydroxylation is 1. The van der Waals surface area contributed by atoms with Crippen molar-refractivity contribution in [1.82, 2.24) is 4.90 Å². The number of hydrogen-bond donors (Lipinski definition) is 1. The van der Waals surface area contributed by atoms with E-state index in [9.17, 15) is 13.2 Å². The Bertz CT molecular complexity index is 565. The third-order valence-corrected chi connectivity index (χ3v) is 5.71. The number of piperidine rings is 1. The molecule has 2 rings (SSSR count). The van der Waals surface area contributed by atoms with Crippen LogP contribution >= 0.6 is 11.3 Å². The van der Waals surface area contributed by atoms with Crippen molar-refractivity contribution in [3.8, 4) is 0 Å². The van der Waals surface area contributed by atoms with Gasteiger partial charge in [0.2, 0.25) is 10.0 Å². The van der Waals surface area contributed by atoms with Gasteiger partial charge >= 0.3 is 0 Å². The molecule has 1 fully saturated rings. The van der Waals surface area contributed by atoms with E-state index in [-0.39, 0.29) is 12.5 Å². The van der Waals surface area contributed by atoms with Crippen LogP contribution in [0.4, 0.5) is 0 Å². The summed E-state index contributed by atoms with van der Waals surface area (Å²) in [6, 6.07) is 1.94. The molecule has 0 spiro atoms. The summed E-state index contributed by atoms with van der Waals surface area (Å²) < 4.78 is 22.8. The fraction of sp³-hybridized carbons (Fsp3) is 0.583. The molecule has 19 heavy (non-hydrogen) atoms. The molecule has 0 radical (unpaired) electrons. The fourth-order valence-electron chi connectivity index (χ4n) is 2.34. The first-order valence-electron chi connectivity index (χ1n) is 6.30. The summed E-state index contributed by atoms with van der Waals surface area (Å²) in [6.45, 7) is 2.81. The van der Waals surface area contributed by atoms with Crippen molar-refractivity contribution >= 4 is 27.3 Å². The van der Waals surface area contributed by atoms with Gasteiger partial charge in [0.25, 0.3) is 5.91 Å². The number of amides is 1. The molecule has 1 atom stereocenters. The summed E-state index contributed by atoms with van der Waals surface area (Å²) >= 11 is 1.41. The predicted octanol–water partition coefficient (Wildman–Crippen LogP) is 1.20. The van der Waals surface area contributed by atoms with Gasteiger partial charge in [-0.25, -0.2) is 13.6 Å². The largest absolute Gasteiger partial charge is 0.337 e. The molecule has 1 aromatic heterocycles. The minimum atomic E-state index is -3.57. The number of sulfonamides is 1. The Balaban J connectivity index is 2.16. The monoisotopic (exact) mass is 302 g/mol. The molecule has 0 saturated carbocycles. The van der Waals surface area contributed by atoms with E-state index in [1.165, 1.54) is 11.3 Å². The zero-order valence-electron chi connectivity index (χ0n) is 10.8. The van der Waals surface area contributed by atoms with E-state index in [4.69, 9.17) is 5.14 Å². The highest BCUT2D eigenvalue weighted by atomic mass is 32.2. The Labute approximate surface area is 117 Å². The minimum absolute atomic E-state index is 0.0693. The number of primary sulfonamides is 1. The molecule has 5 nitrogen and oxygen atoms in total.